The van der Waals surface area contributed by atoms with E-state index < -0.39 is 0 Å². The molecule has 0 amide bonds. The smallest absolute Gasteiger partial charge is 0.137 e. The van der Waals surface area contributed by atoms with Crippen molar-refractivity contribution < 1.29 is 8.83 Å². The van der Waals surface area contributed by atoms with Crippen molar-refractivity contribution in [2.45, 2.75) is 19.9 Å². The fraction of sp³-hybridized carbons (Fsp3) is 0.200. The standard InChI is InChI=1S/C15H14BrNO2/c1-8-5-11(16)6-10-7-13(19-15(8)10)14(17)12-4-3-9(2)18-12/h3-7,14H,17H2,1-2H3. The Morgan fingerprint density at radius 1 is 1.05 bits per heavy atom. The third-order valence-corrected chi connectivity index (χ3v) is 3.62. The minimum Gasteiger partial charge on any atom is -0.464 e. The van der Waals surface area contributed by atoms with E-state index in [9.17, 15) is 0 Å². The van der Waals surface area contributed by atoms with E-state index in [1.54, 1.807) is 0 Å². The highest BCUT2D eigenvalue weighted by atomic mass is 79.9. The molecule has 0 aliphatic carbocycles. The van der Waals surface area contributed by atoms with Crippen molar-refractivity contribution in [3.05, 3.63) is 57.6 Å². The van der Waals surface area contributed by atoms with E-state index in [1.165, 1.54) is 0 Å². The van der Waals surface area contributed by atoms with Crippen LogP contribution in [-0.2, 0) is 0 Å². The van der Waals surface area contributed by atoms with Crippen molar-refractivity contribution in [1.29, 1.82) is 0 Å². The van der Waals surface area contributed by atoms with Crippen molar-refractivity contribution in [3.63, 3.8) is 0 Å². The Labute approximate surface area is 119 Å². The van der Waals surface area contributed by atoms with Crippen LogP contribution in [0.3, 0.4) is 0 Å². The van der Waals surface area contributed by atoms with Crippen LogP contribution < -0.4 is 5.73 Å². The molecule has 4 heteroatoms. The first-order chi connectivity index (χ1) is 9.04. The van der Waals surface area contributed by atoms with Crippen molar-refractivity contribution >= 4 is 26.9 Å². The Morgan fingerprint density at radius 3 is 2.53 bits per heavy atom. The lowest BCUT2D eigenvalue weighted by Gasteiger charge is -2.04. The summed E-state index contributed by atoms with van der Waals surface area (Å²) in [7, 11) is 0. The van der Waals surface area contributed by atoms with Gasteiger partial charge >= 0.3 is 0 Å². The van der Waals surface area contributed by atoms with Gasteiger partial charge in [-0.25, -0.2) is 0 Å². The predicted molar refractivity (Wildman–Crippen MR) is 78.1 cm³/mol. The van der Waals surface area contributed by atoms with Gasteiger partial charge in [0.05, 0.1) is 0 Å². The first-order valence-corrected chi connectivity index (χ1v) is 6.85. The summed E-state index contributed by atoms with van der Waals surface area (Å²) in [5.74, 6) is 2.28. The van der Waals surface area contributed by atoms with Gasteiger partial charge in [-0.3, -0.25) is 0 Å². The molecule has 2 N–H and O–H groups in total. The fourth-order valence-electron chi connectivity index (χ4n) is 2.22. The van der Waals surface area contributed by atoms with Gasteiger partial charge in [0.2, 0.25) is 0 Å². The highest BCUT2D eigenvalue weighted by Gasteiger charge is 2.18. The van der Waals surface area contributed by atoms with E-state index in [0.29, 0.717) is 11.5 Å². The number of aryl methyl sites for hydroxylation is 2. The second-order valence-electron chi connectivity index (χ2n) is 4.72. The highest BCUT2D eigenvalue weighted by molar-refractivity contribution is 9.10. The maximum absolute atomic E-state index is 6.18. The van der Waals surface area contributed by atoms with Crippen LogP contribution in [0.15, 0.2) is 43.6 Å². The number of benzene rings is 1. The van der Waals surface area contributed by atoms with Crippen molar-refractivity contribution in [3.8, 4) is 0 Å². The van der Waals surface area contributed by atoms with Gasteiger partial charge in [0.25, 0.3) is 0 Å². The molecule has 0 saturated heterocycles. The van der Waals surface area contributed by atoms with E-state index in [2.05, 4.69) is 15.9 Å². The van der Waals surface area contributed by atoms with Crippen LogP contribution in [0.4, 0.5) is 0 Å². The van der Waals surface area contributed by atoms with E-state index in [0.717, 1.165) is 26.8 Å². The molecule has 0 aliphatic heterocycles. The Balaban J connectivity index is 2.08. The quantitative estimate of drug-likeness (QED) is 0.759. The molecular formula is C15H14BrNO2. The van der Waals surface area contributed by atoms with E-state index in [4.69, 9.17) is 14.6 Å². The van der Waals surface area contributed by atoms with Gasteiger partial charge in [0.15, 0.2) is 0 Å². The maximum atomic E-state index is 6.18. The second kappa shape index (κ2) is 4.54. The molecular weight excluding hydrogens is 306 g/mol. The molecule has 0 fully saturated rings. The zero-order valence-corrected chi connectivity index (χ0v) is 12.3. The van der Waals surface area contributed by atoms with Crippen molar-refractivity contribution in [1.82, 2.24) is 0 Å². The summed E-state index contributed by atoms with van der Waals surface area (Å²) in [5, 5.41) is 1.04. The largest absolute Gasteiger partial charge is 0.464 e. The van der Waals surface area contributed by atoms with Gasteiger partial charge in [-0.2, -0.15) is 0 Å². The second-order valence-corrected chi connectivity index (χ2v) is 5.63. The molecule has 3 nitrogen and oxygen atoms in total. The maximum Gasteiger partial charge on any atom is 0.137 e. The molecule has 3 aromatic rings. The van der Waals surface area contributed by atoms with Crippen LogP contribution in [0.2, 0.25) is 0 Å². The molecule has 0 bridgehead atoms. The number of furan rings is 2. The monoisotopic (exact) mass is 319 g/mol. The number of hydrogen-bond acceptors (Lipinski definition) is 3. The molecule has 0 aliphatic rings. The molecule has 1 atom stereocenters. The molecule has 0 spiro atoms. The van der Waals surface area contributed by atoms with Crippen LogP contribution in [0.5, 0.6) is 0 Å². The average molecular weight is 320 g/mol. The van der Waals surface area contributed by atoms with E-state index in [1.807, 2.05) is 44.2 Å². The van der Waals surface area contributed by atoms with E-state index >= 15 is 0 Å². The normalized spacial score (nSPS) is 13.1. The summed E-state index contributed by atoms with van der Waals surface area (Å²) in [6, 6.07) is 9.43. The Bertz CT molecular complexity index is 742. The topological polar surface area (TPSA) is 52.3 Å². The molecule has 1 unspecified atom stereocenters. The summed E-state index contributed by atoms with van der Waals surface area (Å²) >= 11 is 3.49. The Morgan fingerprint density at radius 2 is 1.84 bits per heavy atom. The summed E-state index contributed by atoms with van der Waals surface area (Å²) in [6.45, 7) is 3.92. The third kappa shape index (κ3) is 2.22. The number of hydrogen-bond donors (Lipinski definition) is 1. The molecule has 3 rings (SSSR count). The lowest BCUT2D eigenvalue weighted by molar-refractivity contribution is 0.431. The van der Waals surface area contributed by atoms with Crippen LogP contribution in [0.1, 0.15) is 28.9 Å². The van der Waals surface area contributed by atoms with Crippen molar-refractivity contribution in [2.24, 2.45) is 5.73 Å². The third-order valence-electron chi connectivity index (χ3n) is 3.16. The van der Waals surface area contributed by atoms with Gasteiger partial charge in [0.1, 0.15) is 28.9 Å². The van der Waals surface area contributed by atoms with E-state index in [-0.39, 0.29) is 6.04 Å². The minimum absolute atomic E-state index is 0.376. The van der Waals surface area contributed by atoms with Crippen LogP contribution in [-0.4, -0.2) is 0 Å². The molecule has 98 valence electrons. The zero-order valence-electron chi connectivity index (χ0n) is 10.7. The van der Waals surface area contributed by atoms with Crippen molar-refractivity contribution in [2.75, 3.05) is 0 Å². The molecule has 0 saturated carbocycles. The lowest BCUT2D eigenvalue weighted by Crippen LogP contribution is -2.09. The Kier molecular flexibility index (Phi) is 2.99. The number of halogens is 1. The van der Waals surface area contributed by atoms with Gasteiger partial charge in [-0.1, -0.05) is 15.9 Å². The first-order valence-electron chi connectivity index (χ1n) is 6.06. The summed E-state index contributed by atoms with van der Waals surface area (Å²) < 4.78 is 12.5. The minimum atomic E-state index is -0.376. The average Bonchev–Trinajstić information content (AvgIpc) is 2.94. The molecule has 2 heterocycles. The molecule has 0 radical (unpaired) electrons. The lowest BCUT2D eigenvalue weighted by atomic mass is 10.1. The summed E-state index contributed by atoms with van der Waals surface area (Å²) in [4.78, 5) is 0. The number of rotatable bonds is 2. The van der Waals surface area contributed by atoms with Crippen LogP contribution in [0.25, 0.3) is 11.0 Å². The SMILES string of the molecule is Cc1ccc(C(N)c2cc3cc(Br)cc(C)c3o2)o1. The van der Waals surface area contributed by atoms with Crippen LogP contribution in [0, 0.1) is 13.8 Å². The zero-order chi connectivity index (χ0) is 13.6. The Hall–Kier alpha value is -1.52. The number of nitrogens with two attached hydrogens (primary N) is 1. The van der Waals surface area contributed by atoms with Gasteiger partial charge in [-0.05, 0) is 49.7 Å². The molecule has 1 aromatic carbocycles. The van der Waals surface area contributed by atoms with Crippen LogP contribution >= 0.6 is 15.9 Å². The summed E-state index contributed by atoms with van der Waals surface area (Å²) in [6.07, 6.45) is 0. The summed E-state index contributed by atoms with van der Waals surface area (Å²) in [5.41, 5.74) is 8.14. The van der Waals surface area contributed by atoms with Gasteiger partial charge in [0, 0.05) is 9.86 Å². The fourth-order valence-corrected chi connectivity index (χ4v) is 2.81. The molecule has 2 aromatic heterocycles. The number of fused-ring (bicyclic) bond motifs is 1. The molecule has 19 heavy (non-hydrogen) atoms. The highest BCUT2D eigenvalue weighted by Crippen LogP contribution is 2.31. The first kappa shape index (κ1) is 12.5. The van der Waals surface area contributed by atoms with Gasteiger partial charge in [-0.15, -0.1) is 0 Å². The van der Waals surface area contributed by atoms with Gasteiger partial charge < -0.3 is 14.6 Å². The predicted octanol–water partition coefficient (Wildman–Crippen LogP) is 4.45.